The summed E-state index contributed by atoms with van der Waals surface area (Å²) >= 11 is 0. The number of carbonyl (C=O) groups is 2. The van der Waals surface area contributed by atoms with Gasteiger partial charge in [0.25, 0.3) is 5.91 Å². The number of aromatic carboxylic acids is 1. The van der Waals surface area contributed by atoms with Crippen molar-refractivity contribution in [3.8, 4) is 28.5 Å². The SMILES string of the molecule is N#Cc1ccc(NC(=O)c2cc(-c3ccccc3-c3ccccc3)on2)c(C(=O)O)c1. The molecule has 0 spiro atoms. The zero-order chi connectivity index (χ0) is 21.8. The monoisotopic (exact) mass is 409 g/mol. The van der Waals surface area contributed by atoms with Crippen molar-refractivity contribution in [2.45, 2.75) is 0 Å². The van der Waals surface area contributed by atoms with Crippen molar-refractivity contribution < 1.29 is 19.2 Å². The van der Waals surface area contributed by atoms with E-state index in [0.717, 1.165) is 16.7 Å². The summed E-state index contributed by atoms with van der Waals surface area (Å²) in [6.45, 7) is 0. The van der Waals surface area contributed by atoms with Gasteiger partial charge in [-0.05, 0) is 29.3 Å². The molecule has 1 aromatic heterocycles. The molecule has 7 nitrogen and oxygen atoms in total. The highest BCUT2D eigenvalue weighted by Crippen LogP contribution is 2.32. The number of benzene rings is 3. The number of nitrogens with zero attached hydrogens (tertiary/aromatic N) is 2. The average Bonchev–Trinajstić information content (AvgIpc) is 3.30. The number of amides is 1. The first kappa shape index (κ1) is 19.6. The van der Waals surface area contributed by atoms with Crippen LogP contribution in [0, 0.1) is 11.3 Å². The van der Waals surface area contributed by atoms with Crippen LogP contribution < -0.4 is 5.32 Å². The lowest BCUT2D eigenvalue weighted by molar-refractivity contribution is 0.0698. The number of hydrogen-bond donors (Lipinski definition) is 2. The van der Waals surface area contributed by atoms with Crippen LogP contribution in [0.4, 0.5) is 5.69 Å². The Bertz CT molecular complexity index is 1320. The van der Waals surface area contributed by atoms with Crippen LogP contribution in [0.25, 0.3) is 22.5 Å². The molecule has 1 heterocycles. The van der Waals surface area contributed by atoms with Gasteiger partial charge in [0.05, 0.1) is 22.9 Å². The summed E-state index contributed by atoms with van der Waals surface area (Å²) in [5.74, 6) is -1.48. The molecule has 0 unspecified atom stereocenters. The molecule has 0 radical (unpaired) electrons. The molecule has 4 rings (SSSR count). The zero-order valence-corrected chi connectivity index (χ0v) is 16.1. The summed E-state index contributed by atoms with van der Waals surface area (Å²) in [5, 5.41) is 24.7. The molecule has 3 aromatic carbocycles. The summed E-state index contributed by atoms with van der Waals surface area (Å²) in [7, 11) is 0. The smallest absolute Gasteiger partial charge is 0.337 e. The maximum Gasteiger partial charge on any atom is 0.337 e. The number of hydrogen-bond acceptors (Lipinski definition) is 5. The minimum absolute atomic E-state index is 0.00133. The van der Waals surface area contributed by atoms with Crippen LogP contribution in [-0.2, 0) is 0 Å². The Morgan fingerprint density at radius 2 is 1.65 bits per heavy atom. The van der Waals surface area contributed by atoms with E-state index in [1.807, 2.05) is 60.7 Å². The van der Waals surface area contributed by atoms with E-state index in [-0.39, 0.29) is 22.5 Å². The fraction of sp³-hybridized carbons (Fsp3) is 0. The first-order valence-electron chi connectivity index (χ1n) is 9.27. The van der Waals surface area contributed by atoms with E-state index in [4.69, 9.17) is 9.78 Å². The summed E-state index contributed by atoms with van der Waals surface area (Å²) in [4.78, 5) is 24.1. The molecule has 31 heavy (non-hydrogen) atoms. The molecule has 0 saturated heterocycles. The van der Waals surface area contributed by atoms with Gasteiger partial charge in [-0.25, -0.2) is 4.79 Å². The van der Waals surface area contributed by atoms with Crippen LogP contribution >= 0.6 is 0 Å². The Labute approximate surface area is 177 Å². The van der Waals surface area contributed by atoms with Gasteiger partial charge in [0.2, 0.25) is 0 Å². The van der Waals surface area contributed by atoms with Crippen LogP contribution in [0.5, 0.6) is 0 Å². The van der Waals surface area contributed by atoms with E-state index < -0.39 is 11.9 Å². The Morgan fingerprint density at radius 1 is 0.935 bits per heavy atom. The van der Waals surface area contributed by atoms with Crippen LogP contribution in [0.2, 0.25) is 0 Å². The lowest BCUT2D eigenvalue weighted by Crippen LogP contribution is -2.15. The molecule has 1 amide bonds. The first-order chi connectivity index (χ1) is 15.1. The van der Waals surface area contributed by atoms with Crippen molar-refractivity contribution in [2.24, 2.45) is 0 Å². The predicted molar refractivity (Wildman–Crippen MR) is 113 cm³/mol. The minimum Gasteiger partial charge on any atom is -0.478 e. The van der Waals surface area contributed by atoms with Crippen molar-refractivity contribution in [3.05, 3.63) is 95.7 Å². The van der Waals surface area contributed by atoms with E-state index in [0.29, 0.717) is 5.76 Å². The Morgan fingerprint density at radius 3 is 2.35 bits per heavy atom. The third-order valence-electron chi connectivity index (χ3n) is 4.65. The highest BCUT2D eigenvalue weighted by Gasteiger charge is 2.19. The van der Waals surface area contributed by atoms with Gasteiger partial charge in [-0.1, -0.05) is 59.8 Å². The Balaban J connectivity index is 1.63. The number of anilines is 1. The normalized spacial score (nSPS) is 10.3. The van der Waals surface area contributed by atoms with Gasteiger partial charge in [-0.15, -0.1) is 0 Å². The van der Waals surface area contributed by atoms with Crippen molar-refractivity contribution in [1.82, 2.24) is 5.16 Å². The fourth-order valence-electron chi connectivity index (χ4n) is 3.16. The van der Waals surface area contributed by atoms with Gasteiger partial charge in [0.15, 0.2) is 11.5 Å². The lowest BCUT2D eigenvalue weighted by Gasteiger charge is -2.07. The fourth-order valence-corrected chi connectivity index (χ4v) is 3.16. The molecule has 4 aromatic rings. The van der Waals surface area contributed by atoms with Gasteiger partial charge in [-0.2, -0.15) is 5.26 Å². The molecule has 0 aliphatic heterocycles. The third-order valence-corrected chi connectivity index (χ3v) is 4.65. The molecular formula is C24H15N3O4. The molecule has 0 bridgehead atoms. The second-order valence-corrected chi connectivity index (χ2v) is 6.62. The largest absolute Gasteiger partial charge is 0.478 e. The highest BCUT2D eigenvalue weighted by molar-refractivity contribution is 6.07. The summed E-state index contributed by atoms with van der Waals surface area (Å²) in [6, 6.07) is 24.7. The van der Waals surface area contributed by atoms with E-state index in [2.05, 4.69) is 10.5 Å². The van der Waals surface area contributed by atoms with Gasteiger partial charge in [0, 0.05) is 11.6 Å². The van der Waals surface area contributed by atoms with Crippen molar-refractivity contribution in [2.75, 3.05) is 5.32 Å². The van der Waals surface area contributed by atoms with E-state index >= 15 is 0 Å². The summed E-state index contributed by atoms with van der Waals surface area (Å²) in [5.41, 5.74) is 2.73. The van der Waals surface area contributed by atoms with Crippen LogP contribution in [0.1, 0.15) is 26.4 Å². The van der Waals surface area contributed by atoms with Gasteiger partial charge >= 0.3 is 5.97 Å². The maximum atomic E-state index is 12.7. The van der Waals surface area contributed by atoms with E-state index in [9.17, 15) is 14.7 Å². The summed E-state index contributed by atoms with van der Waals surface area (Å²) in [6.07, 6.45) is 0. The zero-order valence-electron chi connectivity index (χ0n) is 16.1. The molecule has 2 N–H and O–H groups in total. The number of rotatable bonds is 5. The van der Waals surface area contributed by atoms with E-state index in [1.165, 1.54) is 24.3 Å². The van der Waals surface area contributed by atoms with Crippen molar-refractivity contribution >= 4 is 17.6 Å². The molecule has 7 heteroatoms. The Kier molecular flexibility index (Phi) is 5.28. The number of carbonyl (C=O) groups excluding carboxylic acids is 1. The quantitative estimate of drug-likeness (QED) is 0.488. The number of nitrogens with one attached hydrogen (secondary N) is 1. The highest BCUT2D eigenvalue weighted by atomic mass is 16.5. The number of aromatic nitrogens is 1. The van der Waals surface area contributed by atoms with Gasteiger partial charge < -0.3 is 14.9 Å². The van der Waals surface area contributed by atoms with Crippen molar-refractivity contribution in [3.63, 3.8) is 0 Å². The molecule has 0 atom stereocenters. The van der Waals surface area contributed by atoms with Crippen LogP contribution in [0.15, 0.2) is 83.4 Å². The topological polar surface area (TPSA) is 116 Å². The molecule has 0 fully saturated rings. The summed E-state index contributed by atoms with van der Waals surface area (Å²) < 4.78 is 5.42. The molecule has 0 aliphatic rings. The van der Waals surface area contributed by atoms with Gasteiger partial charge in [-0.3, -0.25) is 4.79 Å². The van der Waals surface area contributed by atoms with E-state index in [1.54, 1.807) is 0 Å². The number of nitriles is 1. The Hall–Kier alpha value is -4.70. The van der Waals surface area contributed by atoms with Crippen LogP contribution in [-0.4, -0.2) is 22.1 Å². The molecule has 0 aliphatic carbocycles. The number of carboxylic acid groups (broad SMARTS) is 1. The molecule has 0 saturated carbocycles. The maximum absolute atomic E-state index is 12.7. The minimum atomic E-state index is -1.26. The standard InChI is InChI=1S/C24H15N3O4/c25-14-15-10-11-20(19(12-15)24(29)30)26-23(28)21-13-22(31-27-21)18-9-5-4-8-17(18)16-6-2-1-3-7-16/h1-13H,(H,26,28)(H,29,30). The third kappa shape index (κ3) is 4.04. The average molecular weight is 409 g/mol. The second kappa shape index (κ2) is 8.35. The second-order valence-electron chi connectivity index (χ2n) is 6.62. The lowest BCUT2D eigenvalue weighted by atomic mass is 9.98. The first-order valence-corrected chi connectivity index (χ1v) is 9.27. The van der Waals surface area contributed by atoms with Crippen LogP contribution in [0.3, 0.4) is 0 Å². The predicted octanol–water partition coefficient (Wildman–Crippen LogP) is 4.83. The number of carboxylic acids is 1. The molecular weight excluding hydrogens is 394 g/mol. The molecule has 150 valence electrons. The van der Waals surface area contributed by atoms with Gasteiger partial charge in [0.1, 0.15) is 0 Å². The van der Waals surface area contributed by atoms with Crippen molar-refractivity contribution in [1.29, 1.82) is 5.26 Å².